The molecule has 0 atom stereocenters. The first-order valence-electron chi connectivity index (χ1n) is 7.90. The van der Waals surface area contributed by atoms with E-state index in [1.54, 1.807) is 37.4 Å². The lowest BCUT2D eigenvalue weighted by Crippen LogP contribution is -2.03. The van der Waals surface area contributed by atoms with Crippen molar-refractivity contribution >= 4 is 16.9 Å². The van der Waals surface area contributed by atoms with Gasteiger partial charge in [0.2, 0.25) is 5.89 Å². The fourth-order valence-electron chi connectivity index (χ4n) is 2.75. The van der Waals surface area contributed by atoms with Gasteiger partial charge >= 0.3 is 0 Å². The fourth-order valence-corrected chi connectivity index (χ4v) is 2.75. The summed E-state index contributed by atoms with van der Waals surface area (Å²) < 4.78 is 11.0. The van der Waals surface area contributed by atoms with E-state index in [1.807, 2.05) is 42.5 Å². The second-order valence-corrected chi connectivity index (χ2v) is 5.59. The molecule has 4 aromatic rings. The van der Waals surface area contributed by atoms with Crippen LogP contribution in [0.15, 0.2) is 77.2 Å². The van der Waals surface area contributed by atoms with Crippen LogP contribution in [0.3, 0.4) is 0 Å². The van der Waals surface area contributed by atoms with E-state index in [9.17, 15) is 4.79 Å². The highest BCUT2D eigenvalue weighted by Crippen LogP contribution is 2.28. The molecule has 0 radical (unpaired) electrons. The molecule has 0 unspecified atom stereocenters. The summed E-state index contributed by atoms with van der Waals surface area (Å²) in [6.07, 6.45) is 0. The quantitative estimate of drug-likeness (QED) is 0.508. The third-order valence-electron chi connectivity index (χ3n) is 4.05. The molecule has 0 aliphatic carbocycles. The molecule has 0 spiro atoms. The van der Waals surface area contributed by atoms with Gasteiger partial charge in [-0.15, -0.1) is 0 Å². The van der Waals surface area contributed by atoms with E-state index in [0.717, 1.165) is 5.52 Å². The van der Waals surface area contributed by atoms with Crippen molar-refractivity contribution in [2.75, 3.05) is 7.11 Å². The van der Waals surface area contributed by atoms with Crippen LogP contribution in [0.2, 0.25) is 0 Å². The highest BCUT2D eigenvalue weighted by Gasteiger charge is 2.18. The molecule has 122 valence electrons. The Hall–Kier alpha value is -3.40. The van der Waals surface area contributed by atoms with Crippen molar-refractivity contribution in [3.05, 3.63) is 83.9 Å². The number of hydrogen-bond donors (Lipinski definition) is 0. The molecule has 0 N–H and O–H groups in total. The van der Waals surface area contributed by atoms with Crippen molar-refractivity contribution in [3.63, 3.8) is 0 Å². The number of nitrogens with zero attached hydrogens (tertiary/aromatic N) is 1. The Balaban J connectivity index is 1.79. The molecule has 0 aliphatic rings. The Morgan fingerprint density at radius 1 is 0.920 bits per heavy atom. The van der Waals surface area contributed by atoms with Gasteiger partial charge in [-0.2, -0.15) is 0 Å². The zero-order chi connectivity index (χ0) is 17.2. The highest BCUT2D eigenvalue weighted by molar-refractivity contribution is 6.12. The van der Waals surface area contributed by atoms with Gasteiger partial charge in [0.1, 0.15) is 11.3 Å². The Morgan fingerprint density at radius 2 is 1.64 bits per heavy atom. The van der Waals surface area contributed by atoms with Crippen LogP contribution >= 0.6 is 0 Å². The van der Waals surface area contributed by atoms with Gasteiger partial charge in [0.15, 0.2) is 11.4 Å². The standard InChI is InChI=1S/C21H15NO3/c1-24-15-12-10-14(11-13-15)20(23)16-6-2-3-7-17(16)21-22-18-8-4-5-9-19(18)25-21/h2-13H,1H3. The lowest BCUT2D eigenvalue weighted by molar-refractivity contribution is 0.103. The molecular weight excluding hydrogens is 314 g/mol. The van der Waals surface area contributed by atoms with Crippen LogP contribution in [0.25, 0.3) is 22.6 Å². The maximum absolute atomic E-state index is 12.9. The monoisotopic (exact) mass is 329 g/mol. The summed E-state index contributed by atoms with van der Waals surface area (Å²) in [5.41, 5.74) is 3.29. The molecule has 0 bridgehead atoms. The van der Waals surface area contributed by atoms with Crippen LogP contribution in [0.4, 0.5) is 0 Å². The van der Waals surface area contributed by atoms with Crippen molar-refractivity contribution < 1.29 is 13.9 Å². The zero-order valence-corrected chi connectivity index (χ0v) is 13.6. The third-order valence-corrected chi connectivity index (χ3v) is 4.05. The van der Waals surface area contributed by atoms with Gasteiger partial charge < -0.3 is 9.15 Å². The van der Waals surface area contributed by atoms with Crippen LogP contribution in [0.1, 0.15) is 15.9 Å². The first kappa shape index (κ1) is 15.1. The second kappa shape index (κ2) is 6.24. The molecule has 0 fully saturated rings. The number of fused-ring (bicyclic) bond motifs is 1. The number of aromatic nitrogens is 1. The van der Waals surface area contributed by atoms with Crippen molar-refractivity contribution in [3.8, 4) is 17.2 Å². The number of methoxy groups -OCH3 is 1. The molecule has 4 nitrogen and oxygen atoms in total. The van der Waals surface area contributed by atoms with E-state index in [4.69, 9.17) is 9.15 Å². The number of carbonyl (C=O) groups excluding carboxylic acids is 1. The Kier molecular flexibility index (Phi) is 3.78. The van der Waals surface area contributed by atoms with Crippen LogP contribution in [-0.4, -0.2) is 17.9 Å². The molecule has 4 rings (SSSR count). The average molecular weight is 329 g/mol. The van der Waals surface area contributed by atoms with Crippen LogP contribution < -0.4 is 4.74 Å². The van der Waals surface area contributed by atoms with Crippen molar-refractivity contribution in [1.29, 1.82) is 0 Å². The minimum atomic E-state index is -0.0829. The first-order valence-corrected chi connectivity index (χ1v) is 7.90. The first-order chi connectivity index (χ1) is 12.3. The molecule has 1 aromatic heterocycles. The van der Waals surface area contributed by atoms with Crippen molar-refractivity contribution in [2.24, 2.45) is 0 Å². The second-order valence-electron chi connectivity index (χ2n) is 5.59. The Bertz CT molecular complexity index is 1020. The maximum Gasteiger partial charge on any atom is 0.228 e. The van der Waals surface area contributed by atoms with Crippen LogP contribution in [0.5, 0.6) is 5.75 Å². The van der Waals surface area contributed by atoms with E-state index in [0.29, 0.717) is 33.9 Å². The summed E-state index contributed by atoms with van der Waals surface area (Å²) >= 11 is 0. The van der Waals surface area contributed by atoms with Crippen molar-refractivity contribution in [1.82, 2.24) is 4.98 Å². The van der Waals surface area contributed by atoms with Gasteiger partial charge in [0.05, 0.1) is 7.11 Å². The summed E-state index contributed by atoms with van der Waals surface area (Å²) in [6.45, 7) is 0. The van der Waals surface area contributed by atoms with E-state index < -0.39 is 0 Å². The molecule has 1 heterocycles. The normalized spacial score (nSPS) is 10.8. The number of ketones is 1. The minimum Gasteiger partial charge on any atom is -0.497 e. The van der Waals surface area contributed by atoms with E-state index in [1.165, 1.54) is 0 Å². The number of ether oxygens (including phenoxy) is 1. The van der Waals surface area contributed by atoms with Gasteiger partial charge in [0, 0.05) is 16.7 Å². The summed E-state index contributed by atoms with van der Waals surface area (Å²) in [4.78, 5) is 17.5. The number of para-hydroxylation sites is 2. The molecule has 4 heteroatoms. The maximum atomic E-state index is 12.9. The largest absolute Gasteiger partial charge is 0.497 e. The molecule has 0 saturated heterocycles. The van der Waals surface area contributed by atoms with E-state index in [2.05, 4.69) is 4.98 Å². The molecule has 0 aliphatic heterocycles. The number of rotatable bonds is 4. The number of benzene rings is 3. The van der Waals surface area contributed by atoms with Crippen LogP contribution in [0, 0.1) is 0 Å². The lowest BCUT2D eigenvalue weighted by Gasteiger charge is -2.06. The predicted molar refractivity (Wildman–Crippen MR) is 95.9 cm³/mol. The zero-order valence-electron chi connectivity index (χ0n) is 13.6. The van der Waals surface area contributed by atoms with Crippen LogP contribution in [-0.2, 0) is 0 Å². The lowest BCUT2D eigenvalue weighted by atomic mass is 9.98. The smallest absolute Gasteiger partial charge is 0.228 e. The molecule has 0 saturated carbocycles. The van der Waals surface area contributed by atoms with Gasteiger partial charge in [-0.25, -0.2) is 4.98 Å². The Labute approximate surface area is 144 Å². The molecular formula is C21H15NO3. The summed E-state index contributed by atoms with van der Waals surface area (Å²) in [6, 6.07) is 21.9. The number of oxazole rings is 1. The van der Waals surface area contributed by atoms with Crippen molar-refractivity contribution in [2.45, 2.75) is 0 Å². The summed E-state index contributed by atoms with van der Waals surface area (Å²) in [5.74, 6) is 1.07. The minimum absolute atomic E-state index is 0.0829. The molecule has 3 aromatic carbocycles. The highest BCUT2D eigenvalue weighted by atomic mass is 16.5. The van der Waals surface area contributed by atoms with Gasteiger partial charge in [-0.3, -0.25) is 4.79 Å². The summed E-state index contributed by atoms with van der Waals surface area (Å²) in [7, 11) is 1.60. The fraction of sp³-hybridized carbons (Fsp3) is 0.0476. The summed E-state index contributed by atoms with van der Waals surface area (Å²) in [5, 5.41) is 0. The topological polar surface area (TPSA) is 52.3 Å². The Morgan fingerprint density at radius 3 is 2.40 bits per heavy atom. The number of carbonyl (C=O) groups is 1. The molecule has 0 amide bonds. The van der Waals surface area contributed by atoms with E-state index in [-0.39, 0.29) is 5.78 Å². The average Bonchev–Trinajstić information content (AvgIpc) is 3.11. The van der Waals surface area contributed by atoms with Gasteiger partial charge in [-0.05, 0) is 42.5 Å². The predicted octanol–water partition coefficient (Wildman–Crippen LogP) is 4.73. The number of hydrogen-bond acceptors (Lipinski definition) is 4. The van der Waals surface area contributed by atoms with E-state index >= 15 is 0 Å². The van der Waals surface area contributed by atoms with Gasteiger partial charge in [-0.1, -0.05) is 30.3 Å². The van der Waals surface area contributed by atoms with Gasteiger partial charge in [0.25, 0.3) is 0 Å². The third kappa shape index (κ3) is 2.78. The SMILES string of the molecule is COc1ccc(C(=O)c2ccccc2-c2nc3ccccc3o2)cc1. The molecule has 25 heavy (non-hydrogen) atoms.